The molecular formula is C10H11Cl2N3S. The maximum Gasteiger partial charge on any atom is 0.183 e. The first-order valence-electron chi connectivity index (χ1n) is 4.91. The van der Waals surface area contributed by atoms with Crippen molar-refractivity contribution in [1.29, 1.82) is 0 Å². The second-order valence-electron chi connectivity index (χ2n) is 3.30. The molecule has 2 aromatic rings. The molecule has 0 amide bonds. The SMILES string of the molecule is NCCCNc1nc2c(Cl)c(Cl)ccc2s1. The van der Waals surface area contributed by atoms with Gasteiger partial charge in [-0.3, -0.25) is 0 Å². The van der Waals surface area contributed by atoms with Crippen LogP contribution < -0.4 is 11.1 Å². The average molecular weight is 276 g/mol. The van der Waals surface area contributed by atoms with Crippen LogP contribution in [0.4, 0.5) is 5.13 Å². The highest BCUT2D eigenvalue weighted by Crippen LogP contribution is 2.35. The third-order valence-corrected chi connectivity index (χ3v) is 3.88. The van der Waals surface area contributed by atoms with Gasteiger partial charge in [0.05, 0.1) is 14.7 Å². The molecule has 2 rings (SSSR count). The van der Waals surface area contributed by atoms with Crippen molar-refractivity contribution in [3.63, 3.8) is 0 Å². The molecule has 1 heterocycles. The number of thiazole rings is 1. The first-order valence-corrected chi connectivity index (χ1v) is 6.48. The van der Waals surface area contributed by atoms with Crippen LogP contribution in [0.25, 0.3) is 10.2 Å². The van der Waals surface area contributed by atoms with Gasteiger partial charge in [-0.15, -0.1) is 0 Å². The summed E-state index contributed by atoms with van der Waals surface area (Å²) in [6.07, 6.45) is 0.921. The monoisotopic (exact) mass is 275 g/mol. The molecule has 0 saturated carbocycles. The van der Waals surface area contributed by atoms with Gasteiger partial charge in [0, 0.05) is 6.54 Å². The third kappa shape index (κ3) is 2.40. The Morgan fingerprint density at radius 1 is 1.38 bits per heavy atom. The van der Waals surface area contributed by atoms with Crippen LogP contribution in [-0.2, 0) is 0 Å². The topological polar surface area (TPSA) is 50.9 Å². The fraction of sp³-hybridized carbons (Fsp3) is 0.300. The van der Waals surface area contributed by atoms with Crippen LogP contribution in [0.2, 0.25) is 10.0 Å². The summed E-state index contributed by atoms with van der Waals surface area (Å²) < 4.78 is 1.03. The minimum absolute atomic E-state index is 0.516. The van der Waals surface area contributed by atoms with Crippen LogP contribution in [0.1, 0.15) is 6.42 Å². The van der Waals surface area contributed by atoms with Crippen LogP contribution in [0, 0.1) is 0 Å². The van der Waals surface area contributed by atoms with Gasteiger partial charge in [-0.05, 0) is 25.1 Å². The van der Waals surface area contributed by atoms with Crippen molar-refractivity contribution in [3.8, 4) is 0 Å². The lowest BCUT2D eigenvalue weighted by Gasteiger charge is -1.98. The standard InChI is InChI=1S/C10H11Cl2N3S/c11-6-2-3-7-9(8(6)12)15-10(16-7)14-5-1-4-13/h2-3H,1,4-5,13H2,(H,14,15). The summed E-state index contributed by atoms with van der Waals surface area (Å²) >= 11 is 13.5. The van der Waals surface area contributed by atoms with E-state index in [1.54, 1.807) is 17.4 Å². The molecule has 6 heteroatoms. The van der Waals surface area contributed by atoms with Crippen molar-refractivity contribution in [3.05, 3.63) is 22.2 Å². The van der Waals surface area contributed by atoms with Gasteiger partial charge in [0.1, 0.15) is 5.52 Å². The van der Waals surface area contributed by atoms with Crippen molar-refractivity contribution in [2.75, 3.05) is 18.4 Å². The predicted molar refractivity (Wildman–Crippen MR) is 71.8 cm³/mol. The zero-order valence-corrected chi connectivity index (χ0v) is 10.8. The number of hydrogen-bond donors (Lipinski definition) is 2. The Kier molecular flexibility index (Phi) is 3.86. The highest BCUT2D eigenvalue weighted by atomic mass is 35.5. The number of nitrogens with one attached hydrogen (secondary N) is 1. The van der Waals surface area contributed by atoms with E-state index in [0.29, 0.717) is 16.6 Å². The number of anilines is 1. The largest absolute Gasteiger partial charge is 0.361 e. The van der Waals surface area contributed by atoms with Crippen molar-refractivity contribution >= 4 is 49.9 Å². The number of nitrogens with zero attached hydrogens (tertiary/aromatic N) is 1. The zero-order chi connectivity index (χ0) is 11.5. The number of rotatable bonds is 4. The summed E-state index contributed by atoms with van der Waals surface area (Å²) in [6, 6.07) is 3.71. The summed E-state index contributed by atoms with van der Waals surface area (Å²) in [5.41, 5.74) is 6.17. The summed E-state index contributed by atoms with van der Waals surface area (Å²) in [5.74, 6) is 0. The number of halogens is 2. The van der Waals surface area contributed by atoms with Gasteiger partial charge < -0.3 is 11.1 Å². The Morgan fingerprint density at radius 3 is 2.94 bits per heavy atom. The molecule has 16 heavy (non-hydrogen) atoms. The van der Waals surface area contributed by atoms with Crippen molar-refractivity contribution in [2.45, 2.75) is 6.42 Å². The molecule has 1 aromatic heterocycles. The van der Waals surface area contributed by atoms with Gasteiger partial charge in [0.2, 0.25) is 0 Å². The lowest BCUT2D eigenvalue weighted by molar-refractivity contribution is 0.873. The number of aromatic nitrogens is 1. The Hall–Kier alpha value is -0.550. The molecule has 0 unspecified atom stereocenters. The lowest BCUT2D eigenvalue weighted by atomic mass is 10.3. The van der Waals surface area contributed by atoms with E-state index in [2.05, 4.69) is 10.3 Å². The van der Waals surface area contributed by atoms with Crippen molar-refractivity contribution < 1.29 is 0 Å². The molecule has 0 spiro atoms. The van der Waals surface area contributed by atoms with E-state index in [1.165, 1.54) is 0 Å². The molecule has 0 bridgehead atoms. The molecule has 0 saturated heterocycles. The van der Waals surface area contributed by atoms with E-state index in [0.717, 1.165) is 28.3 Å². The number of benzene rings is 1. The quantitative estimate of drug-likeness (QED) is 0.842. The molecule has 0 aliphatic rings. The maximum absolute atomic E-state index is 6.07. The first kappa shape index (κ1) is 11.9. The van der Waals surface area contributed by atoms with E-state index in [9.17, 15) is 0 Å². The van der Waals surface area contributed by atoms with E-state index in [4.69, 9.17) is 28.9 Å². The van der Waals surface area contributed by atoms with Gasteiger partial charge in [0.25, 0.3) is 0 Å². The minimum Gasteiger partial charge on any atom is -0.361 e. The van der Waals surface area contributed by atoms with Crippen LogP contribution >= 0.6 is 34.5 Å². The number of fused-ring (bicyclic) bond motifs is 1. The van der Waals surface area contributed by atoms with Gasteiger partial charge in [-0.1, -0.05) is 34.5 Å². The molecule has 0 fully saturated rings. The average Bonchev–Trinajstić information content (AvgIpc) is 2.68. The highest BCUT2D eigenvalue weighted by molar-refractivity contribution is 7.22. The Labute approximate surface area is 108 Å². The smallest absolute Gasteiger partial charge is 0.183 e. The normalized spacial score (nSPS) is 10.9. The second kappa shape index (κ2) is 5.19. The molecule has 0 radical (unpaired) electrons. The number of hydrogen-bond acceptors (Lipinski definition) is 4. The lowest BCUT2D eigenvalue weighted by Crippen LogP contribution is -2.07. The zero-order valence-electron chi connectivity index (χ0n) is 8.46. The molecule has 0 aliphatic carbocycles. The Morgan fingerprint density at radius 2 is 2.19 bits per heavy atom. The summed E-state index contributed by atoms with van der Waals surface area (Å²) in [7, 11) is 0. The molecule has 86 valence electrons. The van der Waals surface area contributed by atoms with Gasteiger partial charge >= 0.3 is 0 Å². The fourth-order valence-electron chi connectivity index (χ4n) is 1.31. The summed E-state index contributed by atoms with van der Waals surface area (Å²) in [6.45, 7) is 1.49. The van der Waals surface area contributed by atoms with Crippen molar-refractivity contribution in [1.82, 2.24) is 4.98 Å². The molecule has 0 atom stereocenters. The fourth-order valence-corrected chi connectivity index (χ4v) is 2.63. The van der Waals surface area contributed by atoms with Crippen LogP contribution in [-0.4, -0.2) is 18.1 Å². The van der Waals surface area contributed by atoms with E-state index in [-0.39, 0.29) is 0 Å². The first-order chi connectivity index (χ1) is 7.72. The number of nitrogens with two attached hydrogens (primary N) is 1. The highest BCUT2D eigenvalue weighted by Gasteiger charge is 2.09. The third-order valence-electron chi connectivity index (χ3n) is 2.11. The maximum atomic E-state index is 6.07. The van der Waals surface area contributed by atoms with Crippen LogP contribution in [0.3, 0.4) is 0 Å². The molecule has 0 aliphatic heterocycles. The van der Waals surface area contributed by atoms with Crippen LogP contribution in [0.5, 0.6) is 0 Å². The van der Waals surface area contributed by atoms with Gasteiger partial charge in [-0.25, -0.2) is 4.98 Å². The Bertz CT molecular complexity index is 498. The van der Waals surface area contributed by atoms with Crippen LogP contribution in [0.15, 0.2) is 12.1 Å². The minimum atomic E-state index is 0.516. The predicted octanol–water partition coefficient (Wildman–Crippen LogP) is 3.36. The molecule has 1 aromatic carbocycles. The Balaban J connectivity index is 2.26. The summed E-state index contributed by atoms with van der Waals surface area (Å²) in [5, 5.41) is 5.11. The summed E-state index contributed by atoms with van der Waals surface area (Å²) in [4.78, 5) is 4.40. The van der Waals surface area contributed by atoms with E-state index >= 15 is 0 Å². The van der Waals surface area contributed by atoms with E-state index in [1.807, 2.05) is 6.07 Å². The van der Waals surface area contributed by atoms with Gasteiger partial charge in [0.15, 0.2) is 5.13 Å². The molecular weight excluding hydrogens is 265 g/mol. The second-order valence-corrected chi connectivity index (χ2v) is 5.11. The van der Waals surface area contributed by atoms with Gasteiger partial charge in [-0.2, -0.15) is 0 Å². The van der Waals surface area contributed by atoms with Crippen molar-refractivity contribution in [2.24, 2.45) is 5.73 Å². The van der Waals surface area contributed by atoms with E-state index < -0.39 is 0 Å². The molecule has 3 N–H and O–H groups in total. The molecule has 3 nitrogen and oxygen atoms in total.